The molecule has 1 aromatic heterocycles. The number of aliphatic hydroxyl groups excluding tert-OH is 1. The molecule has 2 heterocycles. The average molecular weight is 432 g/mol. The number of pyridine rings is 1. The molecule has 3 rings (SSSR count). The summed E-state index contributed by atoms with van der Waals surface area (Å²) in [6, 6.07) is 8.29. The molecule has 0 spiro atoms. The number of carbonyl (C=O) groups is 1. The Kier molecular flexibility index (Phi) is 6.77. The number of hydrogen-bond donors (Lipinski definition) is 4. The molecule has 0 aliphatic carbocycles. The first-order chi connectivity index (χ1) is 14.4. The minimum absolute atomic E-state index is 0.183. The Hall–Kier alpha value is -2.86. The molecular weight excluding hydrogens is 406 g/mol. The number of hydrazone groups is 1. The van der Waals surface area contributed by atoms with Crippen LogP contribution in [0.3, 0.4) is 0 Å². The number of methoxy groups -OCH3 is 1. The summed E-state index contributed by atoms with van der Waals surface area (Å²) >= 11 is 1.58. The lowest BCUT2D eigenvalue weighted by molar-refractivity contribution is 0.102. The van der Waals surface area contributed by atoms with Crippen LogP contribution >= 0.6 is 11.9 Å². The van der Waals surface area contributed by atoms with Gasteiger partial charge in [-0.05, 0) is 55.7 Å². The summed E-state index contributed by atoms with van der Waals surface area (Å²) in [6.45, 7) is 2.31. The highest BCUT2D eigenvalue weighted by Crippen LogP contribution is 2.38. The largest absolute Gasteiger partial charge is 0.496 e. The van der Waals surface area contributed by atoms with E-state index in [1.807, 2.05) is 19.2 Å². The van der Waals surface area contributed by atoms with E-state index in [-0.39, 0.29) is 18.3 Å². The zero-order chi connectivity index (χ0) is 21.8. The standard InChI is InChI=1S/C19H25N7O3S/c1-11(10-27)26(21)18(24-20)14-5-4-6-17(22-14)23-19(28)13-8-16-12(7-15(13)29-3)9-25(2)30-16/h4-8,11,27H,9-10,20-21H2,1-3H3,(H,22,23,28)/b24-18-. The van der Waals surface area contributed by atoms with Gasteiger partial charge in [-0.25, -0.2) is 15.1 Å². The Morgan fingerprint density at radius 1 is 1.50 bits per heavy atom. The molecule has 1 aromatic carbocycles. The fraction of sp³-hybridized carbons (Fsp3) is 0.316. The molecule has 1 aliphatic heterocycles. The molecule has 11 heteroatoms. The van der Waals surface area contributed by atoms with Crippen molar-refractivity contribution in [1.82, 2.24) is 14.3 Å². The van der Waals surface area contributed by atoms with Crippen molar-refractivity contribution in [3.8, 4) is 5.75 Å². The number of nitrogens with zero attached hydrogens (tertiary/aromatic N) is 4. The molecule has 10 nitrogen and oxygen atoms in total. The first kappa shape index (κ1) is 21.8. The van der Waals surface area contributed by atoms with E-state index in [4.69, 9.17) is 16.4 Å². The summed E-state index contributed by atoms with van der Waals surface area (Å²) in [5.41, 5.74) is 1.88. The fourth-order valence-electron chi connectivity index (χ4n) is 2.97. The van der Waals surface area contributed by atoms with E-state index >= 15 is 0 Å². The van der Waals surface area contributed by atoms with Gasteiger partial charge < -0.3 is 21.0 Å². The summed E-state index contributed by atoms with van der Waals surface area (Å²) in [5, 5.41) is 17.0. The Morgan fingerprint density at radius 3 is 2.93 bits per heavy atom. The number of fused-ring (bicyclic) bond motifs is 1. The van der Waals surface area contributed by atoms with E-state index in [1.165, 1.54) is 12.1 Å². The number of rotatable bonds is 6. The third kappa shape index (κ3) is 4.49. The van der Waals surface area contributed by atoms with Gasteiger partial charge in [0.15, 0.2) is 5.84 Å². The molecule has 0 bridgehead atoms. The van der Waals surface area contributed by atoms with Gasteiger partial charge in [0.05, 0.1) is 25.3 Å². The molecule has 6 N–H and O–H groups in total. The van der Waals surface area contributed by atoms with Crippen LogP contribution in [0.4, 0.5) is 5.82 Å². The van der Waals surface area contributed by atoms with Gasteiger partial charge in [0, 0.05) is 11.4 Å². The van der Waals surface area contributed by atoms with Crippen molar-refractivity contribution in [3.63, 3.8) is 0 Å². The van der Waals surface area contributed by atoms with Gasteiger partial charge in [-0.1, -0.05) is 6.07 Å². The van der Waals surface area contributed by atoms with Crippen molar-refractivity contribution in [2.24, 2.45) is 16.8 Å². The number of aromatic nitrogens is 1. The van der Waals surface area contributed by atoms with Crippen LogP contribution in [0, 0.1) is 0 Å². The zero-order valence-corrected chi connectivity index (χ0v) is 17.8. The number of amides is 1. The molecule has 160 valence electrons. The van der Waals surface area contributed by atoms with Gasteiger partial charge in [0.1, 0.15) is 17.3 Å². The van der Waals surface area contributed by atoms with Crippen LogP contribution < -0.4 is 21.7 Å². The maximum Gasteiger partial charge on any atom is 0.260 e. The molecular formula is C19H25N7O3S. The van der Waals surface area contributed by atoms with Crippen LogP contribution in [-0.4, -0.2) is 58.0 Å². The highest BCUT2D eigenvalue weighted by Gasteiger charge is 2.23. The number of ether oxygens (including phenoxy) is 1. The monoisotopic (exact) mass is 431 g/mol. The number of nitrogens with two attached hydrogens (primary N) is 2. The van der Waals surface area contributed by atoms with Crippen LogP contribution in [-0.2, 0) is 6.54 Å². The minimum atomic E-state index is -0.418. The van der Waals surface area contributed by atoms with E-state index in [1.54, 1.807) is 37.1 Å². The quantitative estimate of drug-likeness (QED) is 0.173. The third-order valence-electron chi connectivity index (χ3n) is 4.60. The van der Waals surface area contributed by atoms with Crippen molar-refractivity contribution in [1.29, 1.82) is 0 Å². The average Bonchev–Trinajstić information content (AvgIpc) is 3.11. The molecule has 1 aliphatic rings. The number of aliphatic hydroxyl groups is 1. The molecule has 0 saturated carbocycles. The Bertz CT molecular complexity index is 969. The van der Waals surface area contributed by atoms with Gasteiger partial charge in [0.25, 0.3) is 5.91 Å². The summed E-state index contributed by atoms with van der Waals surface area (Å²) in [7, 11) is 3.52. The SMILES string of the molecule is COc1cc2c(cc1C(=O)Nc1cccc(/C(=N/N)N(N)C(C)CO)n1)SN(C)C2. The normalized spacial score (nSPS) is 14.9. The van der Waals surface area contributed by atoms with Gasteiger partial charge >= 0.3 is 0 Å². The lowest BCUT2D eigenvalue weighted by Gasteiger charge is -2.25. The highest BCUT2D eigenvalue weighted by atomic mass is 32.2. The second-order valence-corrected chi connectivity index (χ2v) is 8.04. The molecule has 1 unspecified atom stereocenters. The van der Waals surface area contributed by atoms with Gasteiger partial charge in [-0.2, -0.15) is 5.10 Å². The number of nitrogens with one attached hydrogen (secondary N) is 1. The van der Waals surface area contributed by atoms with Gasteiger partial charge in [-0.15, -0.1) is 0 Å². The van der Waals surface area contributed by atoms with E-state index in [0.717, 1.165) is 17.0 Å². The molecule has 1 amide bonds. The first-order valence-electron chi connectivity index (χ1n) is 9.19. The number of amidine groups is 1. The highest BCUT2D eigenvalue weighted by molar-refractivity contribution is 7.97. The van der Waals surface area contributed by atoms with Gasteiger partial charge in [-0.3, -0.25) is 9.80 Å². The molecule has 0 radical (unpaired) electrons. The van der Waals surface area contributed by atoms with E-state index in [2.05, 4.69) is 19.7 Å². The van der Waals surface area contributed by atoms with E-state index in [9.17, 15) is 9.90 Å². The van der Waals surface area contributed by atoms with E-state index in [0.29, 0.717) is 22.8 Å². The fourth-order valence-corrected chi connectivity index (χ4v) is 3.92. The summed E-state index contributed by atoms with van der Waals surface area (Å²) in [6.07, 6.45) is 0. The topological polar surface area (TPSA) is 142 Å². The molecule has 30 heavy (non-hydrogen) atoms. The third-order valence-corrected chi connectivity index (χ3v) is 5.62. The van der Waals surface area contributed by atoms with Crippen LogP contribution in [0.15, 0.2) is 40.3 Å². The Labute approximate surface area is 179 Å². The van der Waals surface area contributed by atoms with Crippen LogP contribution in [0.1, 0.15) is 28.5 Å². The minimum Gasteiger partial charge on any atom is -0.496 e. The Morgan fingerprint density at radius 2 is 2.27 bits per heavy atom. The maximum absolute atomic E-state index is 12.9. The molecule has 0 fully saturated rings. The van der Waals surface area contributed by atoms with Crippen LogP contribution in [0.5, 0.6) is 5.75 Å². The number of carbonyl (C=O) groups excluding carboxylic acids is 1. The lowest BCUT2D eigenvalue weighted by Crippen LogP contribution is -2.47. The zero-order valence-electron chi connectivity index (χ0n) is 17.0. The predicted octanol–water partition coefficient (Wildman–Crippen LogP) is 0.972. The summed E-state index contributed by atoms with van der Waals surface area (Å²) in [4.78, 5) is 18.3. The van der Waals surface area contributed by atoms with Crippen molar-refractivity contribution < 1.29 is 14.6 Å². The molecule has 2 aromatic rings. The van der Waals surface area contributed by atoms with Crippen molar-refractivity contribution >= 4 is 29.5 Å². The van der Waals surface area contributed by atoms with Crippen molar-refractivity contribution in [2.45, 2.75) is 24.4 Å². The molecule has 1 atom stereocenters. The van der Waals surface area contributed by atoms with Crippen molar-refractivity contribution in [3.05, 3.63) is 47.2 Å². The van der Waals surface area contributed by atoms with Crippen molar-refractivity contribution in [2.75, 3.05) is 26.1 Å². The smallest absolute Gasteiger partial charge is 0.260 e. The Balaban J connectivity index is 1.85. The molecule has 0 saturated heterocycles. The van der Waals surface area contributed by atoms with Crippen LogP contribution in [0.25, 0.3) is 0 Å². The first-order valence-corrected chi connectivity index (χ1v) is 9.96. The summed E-state index contributed by atoms with van der Waals surface area (Å²) in [5.74, 6) is 12.1. The number of anilines is 1. The van der Waals surface area contributed by atoms with Crippen LogP contribution in [0.2, 0.25) is 0 Å². The maximum atomic E-state index is 12.9. The predicted molar refractivity (Wildman–Crippen MR) is 116 cm³/mol. The second kappa shape index (κ2) is 9.30. The summed E-state index contributed by atoms with van der Waals surface area (Å²) < 4.78 is 7.50. The van der Waals surface area contributed by atoms with E-state index < -0.39 is 6.04 Å². The number of hydrogen-bond acceptors (Lipinski definition) is 9. The van der Waals surface area contributed by atoms with Gasteiger partial charge in [0.2, 0.25) is 0 Å². The lowest BCUT2D eigenvalue weighted by atomic mass is 10.1. The number of hydrazine groups is 1. The second-order valence-electron chi connectivity index (χ2n) is 6.79. The number of benzene rings is 1.